The van der Waals surface area contributed by atoms with E-state index in [2.05, 4.69) is 57.1 Å². The average Bonchev–Trinajstić information content (AvgIpc) is 3.00. The van der Waals surface area contributed by atoms with Crippen LogP contribution in [-0.4, -0.2) is 6.54 Å². The number of hydrogen-bond donors (Lipinski definition) is 1. The number of fused-ring (bicyclic) bond motifs is 1. The van der Waals surface area contributed by atoms with E-state index in [0.29, 0.717) is 6.04 Å². The lowest BCUT2D eigenvalue weighted by atomic mass is 10.2. The molecule has 1 atom stereocenters. The van der Waals surface area contributed by atoms with Crippen molar-refractivity contribution in [1.82, 2.24) is 5.32 Å². The minimum Gasteiger partial charge on any atom is -0.305 e. The molecular weight excluding hydrogens is 346 g/mol. The van der Waals surface area contributed by atoms with Crippen LogP contribution >= 0.6 is 49.9 Å². The topological polar surface area (TPSA) is 12.0 Å². The normalized spacial score (nSPS) is 13.2. The highest BCUT2D eigenvalue weighted by Gasteiger charge is 2.19. The van der Waals surface area contributed by atoms with Crippen molar-refractivity contribution < 1.29 is 0 Å². The van der Waals surface area contributed by atoms with Gasteiger partial charge in [-0.1, -0.05) is 6.92 Å². The van der Waals surface area contributed by atoms with E-state index in [1.165, 1.54) is 23.6 Å². The van der Waals surface area contributed by atoms with Crippen LogP contribution < -0.4 is 5.32 Å². The summed E-state index contributed by atoms with van der Waals surface area (Å²) in [7, 11) is 0. The number of thiophene rings is 3. The van der Waals surface area contributed by atoms with Crippen LogP contribution in [0, 0.1) is 0 Å². The highest BCUT2D eigenvalue weighted by Crippen LogP contribution is 2.39. The molecule has 1 N–H and O–H groups in total. The fourth-order valence-electron chi connectivity index (χ4n) is 1.96. The van der Waals surface area contributed by atoms with Crippen molar-refractivity contribution in [3.8, 4) is 0 Å². The zero-order valence-electron chi connectivity index (χ0n) is 9.77. The Labute approximate surface area is 127 Å². The number of hydrogen-bond acceptors (Lipinski definition) is 4. The van der Waals surface area contributed by atoms with E-state index in [4.69, 9.17) is 0 Å². The molecule has 0 saturated carbocycles. The molecule has 18 heavy (non-hydrogen) atoms. The number of nitrogens with one attached hydrogen (secondary N) is 1. The van der Waals surface area contributed by atoms with Gasteiger partial charge in [0.05, 0.1) is 6.04 Å². The predicted molar refractivity (Wildman–Crippen MR) is 87.2 cm³/mol. The maximum absolute atomic E-state index is 3.65. The summed E-state index contributed by atoms with van der Waals surface area (Å²) in [5, 5.41) is 7.89. The minimum atomic E-state index is 0.314. The highest BCUT2D eigenvalue weighted by molar-refractivity contribution is 9.10. The Morgan fingerprint density at radius 1 is 1.22 bits per heavy atom. The molecule has 94 valence electrons. The first-order valence-corrected chi connectivity index (χ1v) is 9.09. The standard InChI is InChI=1S/C13H12BrNS3/c1-2-15-12(13-8(14)3-5-17-13)11-7-10-9(18-11)4-6-16-10/h3-7,12,15H,2H2,1H3. The fourth-order valence-corrected chi connectivity index (χ4v) is 5.94. The quantitative estimate of drug-likeness (QED) is 0.651. The highest BCUT2D eigenvalue weighted by atomic mass is 79.9. The van der Waals surface area contributed by atoms with Crippen LogP contribution in [0.3, 0.4) is 0 Å². The molecule has 0 aliphatic carbocycles. The molecule has 0 amide bonds. The lowest BCUT2D eigenvalue weighted by Gasteiger charge is -2.15. The van der Waals surface area contributed by atoms with Gasteiger partial charge in [-0.05, 0) is 51.4 Å². The summed E-state index contributed by atoms with van der Waals surface area (Å²) in [4.78, 5) is 2.77. The second-order valence-electron chi connectivity index (χ2n) is 3.92. The summed E-state index contributed by atoms with van der Waals surface area (Å²) in [5.74, 6) is 0. The molecule has 5 heteroatoms. The van der Waals surface area contributed by atoms with Gasteiger partial charge in [0.1, 0.15) is 0 Å². The Hall–Kier alpha value is -0.200. The first kappa shape index (κ1) is 12.8. The van der Waals surface area contributed by atoms with Crippen LogP contribution in [0.15, 0.2) is 33.4 Å². The van der Waals surface area contributed by atoms with Crippen LogP contribution in [-0.2, 0) is 0 Å². The fraction of sp³-hybridized carbons (Fsp3) is 0.231. The first-order valence-electron chi connectivity index (χ1n) is 5.72. The second kappa shape index (κ2) is 5.43. The van der Waals surface area contributed by atoms with Crippen LogP contribution in [0.4, 0.5) is 0 Å². The molecule has 3 heterocycles. The van der Waals surface area contributed by atoms with E-state index in [1.54, 1.807) is 11.3 Å². The Kier molecular flexibility index (Phi) is 3.86. The summed E-state index contributed by atoms with van der Waals surface area (Å²) in [6.07, 6.45) is 0. The Bertz CT molecular complexity index is 623. The van der Waals surface area contributed by atoms with Gasteiger partial charge in [-0.25, -0.2) is 0 Å². The molecule has 0 aliphatic heterocycles. The monoisotopic (exact) mass is 357 g/mol. The van der Waals surface area contributed by atoms with E-state index < -0.39 is 0 Å². The molecule has 0 radical (unpaired) electrons. The third kappa shape index (κ3) is 2.30. The Balaban J connectivity index is 2.04. The molecule has 0 fully saturated rings. The SMILES string of the molecule is CCNC(c1cc2sccc2s1)c1sccc1Br. The maximum Gasteiger partial charge on any atom is 0.0776 e. The van der Waals surface area contributed by atoms with Crippen LogP contribution in [0.2, 0.25) is 0 Å². The van der Waals surface area contributed by atoms with Crippen molar-refractivity contribution in [2.24, 2.45) is 0 Å². The van der Waals surface area contributed by atoms with Crippen molar-refractivity contribution in [3.63, 3.8) is 0 Å². The van der Waals surface area contributed by atoms with Gasteiger partial charge in [0.15, 0.2) is 0 Å². The van der Waals surface area contributed by atoms with Gasteiger partial charge in [0.2, 0.25) is 0 Å². The number of rotatable bonds is 4. The number of halogens is 1. The van der Waals surface area contributed by atoms with Gasteiger partial charge in [-0.3, -0.25) is 0 Å². The molecular formula is C13H12BrNS3. The molecule has 0 aromatic carbocycles. The summed E-state index contributed by atoms with van der Waals surface area (Å²) < 4.78 is 3.99. The molecule has 3 aromatic rings. The van der Waals surface area contributed by atoms with Crippen molar-refractivity contribution >= 4 is 59.3 Å². The van der Waals surface area contributed by atoms with Gasteiger partial charge < -0.3 is 5.32 Å². The summed E-state index contributed by atoms with van der Waals surface area (Å²) >= 11 is 9.16. The molecule has 3 aromatic heterocycles. The molecule has 0 aliphatic rings. The zero-order valence-corrected chi connectivity index (χ0v) is 13.8. The lowest BCUT2D eigenvalue weighted by Crippen LogP contribution is -2.20. The van der Waals surface area contributed by atoms with Crippen molar-refractivity contribution in [3.05, 3.63) is 43.2 Å². The molecule has 1 nitrogen and oxygen atoms in total. The molecule has 3 rings (SSSR count). The van der Waals surface area contributed by atoms with Crippen LogP contribution in [0.25, 0.3) is 9.40 Å². The zero-order chi connectivity index (χ0) is 12.5. The summed E-state index contributed by atoms with van der Waals surface area (Å²) in [6.45, 7) is 3.13. The van der Waals surface area contributed by atoms with E-state index in [-0.39, 0.29) is 0 Å². The van der Waals surface area contributed by atoms with Crippen molar-refractivity contribution in [2.75, 3.05) is 6.54 Å². The maximum atomic E-state index is 3.65. The Morgan fingerprint density at radius 2 is 2.06 bits per heavy atom. The summed E-state index contributed by atoms with van der Waals surface area (Å²) in [5.41, 5.74) is 0. The smallest absolute Gasteiger partial charge is 0.0776 e. The van der Waals surface area contributed by atoms with Gasteiger partial charge in [0.25, 0.3) is 0 Å². The van der Waals surface area contributed by atoms with Crippen molar-refractivity contribution in [1.29, 1.82) is 0 Å². The van der Waals surface area contributed by atoms with Gasteiger partial charge in [0, 0.05) is 23.6 Å². The van der Waals surface area contributed by atoms with Crippen LogP contribution in [0.5, 0.6) is 0 Å². The van der Waals surface area contributed by atoms with Gasteiger partial charge in [-0.15, -0.1) is 34.0 Å². The largest absolute Gasteiger partial charge is 0.305 e. The predicted octanol–water partition coefficient (Wildman–Crippen LogP) is 5.49. The third-order valence-corrected chi connectivity index (χ3v) is 6.85. The molecule has 0 bridgehead atoms. The average molecular weight is 358 g/mol. The second-order valence-corrected chi connectivity index (χ2v) is 7.79. The minimum absolute atomic E-state index is 0.314. The molecule has 0 saturated heterocycles. The van der Waals surface area contributed by atoms with Crippen molar-refractivity contribution in [2.45, 2.75) is 13.0 Å². The van der Waals surface area contributed by atoms with E-state index >= 15 is 0 Å². The molecule has 0 spiro atoms. The third-order valence-electron chi connectivity index (χ3n) is 2.76. The first-order chi connectivity index (χ1) is 8.79. The molecule has 1 unspecified atom stereocenters. The van der Waals surface area contributed by atoms with E-state index in [0.717, 1.165) is 6.54 Å². The lowest BCUT2D eigenvalue weighted by molar-refractivity contribution is 0.647. The van der Waals surface area contributed by atoms with Gasteiger partial charge in [-0.2, -0.15) is 0 Å². The summed E-state index contributed by atoms with van der Waals surface area (Å²) in [6, 6.07) is 6.97. The van der Waals surface area contributed by atoms with E-state index in [1.807, 2.05) is 22.7 Å². The van der Waals surface area contributed by atoms with Gasteiger partial charge >= 0.3 is 0 Å². The van der Waals surface area contributed by atoms with E-state index in [9.17, 15) is 0 Å². The Morgan fingerprint density at radius 3 is 2.72 bits per heavy atom. The van der Waals surface area contributed by atoms with Crippen LogP contribution in [0.1, 0.15) is 22.7 Å².